The standard InChI is InChI=1S/C17H19N3O2/c1-12-5-4-6-13(2)17(12)22-11-16(21)20-19-14(3)15-7-9-18-10-8-15/h4-10H,11H2,1-3H3,(H,20,21). The second kappa shape index (κ2) is 7.36. The normalized spacial score (nSPS) is 11.1. The molecular formula is C17H19N3O2. The molecular weight excluding hydrogens is 278 g/mol. The first-order valence-corrected chi connectivity index (χ1v) is 7.00. The van der Waals surface area contributed by atoms with Crippen molar-refractivity contribution in [3.8, 4) is 5.75 Å². The average Bonchev–Trinajstić information content (AvgIpc) is 2.53. The number of benzene rings is 1. The zero-order valence-corrected chi connectivity index (χ0v) is 13.0. The molecule has 5 heteroatoms. The Morgan fingerprint density at radius 2 is 1.82 bits per heavy atom. The van der Waals surface area contributed by atoms with Crippen LogP contribution < -0.4 is 10.2 Å². The van der Waals surface area contributed by atoms with Crippen LogP contribution in [0.2, 0.25) is 0 Å². The van der Waals surface area contributed by atoms with Gasteiger partial charge in [-0.25, -0.2) is 5.43 Å². The fraction of sp³-hybridized carbons (Fsp3) is 0.235. The van der Waals surface area contributed by atoms with E-state index in [1.165, 1.54) is 0 Å². The summed E-state index contributed by atoms with van der Waals surface area (Å²) in [6, 6.07) is 9.52. The number of carbonyl (C=O) groups is 1. The number of para-hydroxylation sites is 1. The van der Waals surface area contributed by atoms with Crippen molar-refractivity contribution < 1.29 is 9.53 Å². The molecule has 0 atom stereocenters. The van der Waals surface area contributed by atoms with E-state index in [1.807, 2.05) is 51.1 Å². The number of rotatable bonds is 5. The summed E-state index contributed by atoms with van der Waals surface area (Å²) in [7, 11) is 0. The van der Waals surface area contributed by atoms with Crippen LogP contribution in [0.15, 0.2) is 47.8 Å². The lowest BCUT2D eigenvalue weighted by molar-refractivity contribution is -0.123. The number of hydrazone groups is 1. The quantitative estimate of drug-likeness (QED) is 0.681. The zero-order chi connectivity index (χ0) is 15.9. The van der Waals surface area contributed by atoms with E-state index in [9.17, 15) is 4.79 Å². The first-order chi connectivity index (χ1) is 10.6. The van der Waals surface area contributed by atoms with E-state index >= 15 is 0 Å². The Labute approximate surface area is 130 Å². The predicted octanol–water partition coefficient (Wildman–Crippen LogP) is 2.62. The minimum Gasteiger partial charge on any atom is -0.483 e. The molecule has 0 aliphatic carbocycles. The lowest BCUT2D eigenvalue weighted by atomic mass is 10.1. The van der Waals surface area contributed by atoms with Gasteiger partial charge in [0.1, 0.15) is 5.75 Å². The van der Waals surface area contributed by atoms with Gasteiger partial charge in [-0.3, -0.25) is 9.78 Å². The van der Waals surface area contributed by atoms with Crippen molar-refractivity contribution in [1.82, 2.24) is 10.4 Å². The minimum absolute atomic E-state index is 0.0706. The van der Waals surface area contributed by atoms with Crippen molar-refractivity contribution in [3.05, 3.63) is 59.4 Å². The van der Waals surface area contributed by atoms with E-state index in [0.717, 1.165) is 22.4 Å². The number of hydrogen-bond donors (Lipinski definition) is 1. The van der Waals surface area contributed by atoms with Gasteiger partial charge in [-0.2, -0.15) is 5.10 Å². The van der Waals surface area contributed by atoms with Gasteiger partial charge >= 0.3 is 0 Å². The van der Waals surface area contributed by atoms with Crippen molar-refractivity contribution >= 4 is 11.6 Å². The van der Waals surface area contributed by atoms with Gasteiger partial charge in [-0.1, -0.05) is 18.2 Å². The first kappa shape index (κ1) is 15.7. The summed E-state index contributed by atoms with van der Waals surface area (Å²) in [5.74, 6) is 0.448. The highest BCUT2D eigenvalue weighted by Crippen LogP contribution is 2.21. The molecule has 0 saturated carbocycles. The monoisotopic (exact) mass is 297 g/mol. The van der Waals surface area contributed by atoms with Gasteiger partial charge in [0, 0.05) is 18.0 Å². The number of carbonyl (C=O) groups excluding carboxylic acids is 1. The van der Waals surface area contributed by atoms with Crippen molar-refractivity contribution in [2.75, 3.05) is 6.61 Å². The largest absolute Gasteiger partial charge is 0.483 e. The Hall–Kier alpha value is -2.69. The second-order valence-electron chi connectivity index (χ2n) is 4.98. The summed E-state index contributed by atoms with van der Waals surface area (Å²) in [6.45, 7) is 5.65. The average molecular weight is 297 g/mol. The summed E-state index contributed by atoms with van der Waals surface area (Å²) in [6.07, 6.45) is 3.36. The maximum atomic E-state index is 11.8. The molecule has 1 aromatic heterocycles. The highest BCUT2D eigenvalue weighted by atomic mass is 16.5. The fourth-order valence-corrected chi connectivity index (χ4v) is 2.00. The number of pyridine rings is 1. The molecule has 0 radical (unpaired) electrons. The Kier molecular flexibility index (Phi) is 5.25. The van der Waals surface area contributed by atoms with Crippen LogP contribution in [0, 0.1) is 13.8 Å². The highest BCUT2D eigenvalue weighted by molar-refractivity contribution is 5.99. The molecule has 0 spiro atoms. The van der Waals surface area contributed by atoms with Gasteiger partial charge in [0.05, 0.1) is 5.71 Å². The number of nitrogens with zero attached hydrogens (tertiary/aromatic N) is 2. The third-order valence-electron chi connectivity index (χ3n) is 3.20. The van der Waals surface area contributed by atoms with Gasteiger partial charge < -0.3 is 4.74 Å². The Balaban J connectivity index is 1.91. The lowest BCUT2D eigenvalue weighted by Crippen LogP contribution is -2.26. The zero-order valence-electron chi connectivity index (χ0n) is 13.0. The molecule has 1 N–H and O–H groups in total. The van der Waals surface area contributed by atoms with Crippen LogP contribution in [0.3, 0.4) is 0 Å². The van der Waals surface area contributed by atoms with Crippen LogP contribution in [-0.2, 0) is 4.79 Å². The molecule has 0 unspecified atom stereocenters. The maximum absolute atomic E-state index is 11.8. The number of nitrogens with one attached hydrogen (secondary N) is 1. The van der Waals surface area contributed by atoms with Gasteiger partial charge in [-0.15, -0.1) is 0 Å². The second-order valence-corrected chi connectivity index (χ2v) is 4.98. The van der Waals surface area contributed by atoms with Crippen LogP contribution in [0.5, 0.6) is 5.75 Å². The van der Waals surface area contributed by atoms with Gasteiger partial charge in [0.15, 0.2) is 6.61 Å². The van der Waals surface area contributed by atoms with Crippen molar-refractivity contribution in [1.29, 1.82) is 0 Å². The Bertz CT molecular complexity index is 661. The fourth-order valence-electron chi connectivity index (χ4n) is 2.00. The summed E-state index contributed by atoms with van der Waals surface area (Å²) >= 11 is 0. The van der Waals surface area contributed by atoms with Crippen LogP contribution in [0.25, 0.3) is 0 Å². The number of ether oxygens (including phenoxy) is 1. The van der Waals surface area contributed by atoms with Crippen LogP contribution in [0.1, 0.15) is 23.6 Å². The van der Waals surface area contributed by atoms with Crippen LogP contribution >= 0.6 is 0 Å². The van der Waals surface area contributed by atoms with E-state index in [-0.39, 0.29) is 12.5 Å². The number of hydrogen-bond acceptors (Lipinski definition) is 4. The van der Waals surface area contributed by atoms with E-state index in [1.54, 1.807) is 12.4 Å². The molecule has 1 aromatic carbocycles. The molecule has 114 valence electrons. The molecule has 0 fully saturated rings. The molecule has 5 nitrogen and oxygen atoms in total. The van der Waals surface area contributed by atoms with Crippen LogP contribution in [-0.4, -0.2) is 23.2 Å². The van der Waals surface area contributed by atoms with Gasteiger partial charge in [0.25, 0.3) is 5.91 Å². The van der Waals surface area contributed by atoms with Gasteiger partial charge in [0.2, 0.25) is 0 Å². The molecule has 1 heterocycles. The number of aromatic nitrogens is 1. The predicted molar refractivity (Wildman–Crippen MR) is 86.0 cm³/mol. The van der Waals surface area contributed by atoms with E-state index in [0.29, 0.717) is 5.71 Å². The summed E-state index contributed by atoms with van der Waals surface area (Å²) in [5.41, 5.74) is 6.12. The van der Waals surface area contributed by atoms with Crippen molar-refractivity contribution in [2.45, 2.75) is 20.8 Å². The molecule has 0 bridgehead atoms. The molecule has 0 aliphatic heterocycles. The molecule has 22 heavy (non-hydrogen) atoms. The molecule has 0 aliphatic rings. The Morgan fingerprint density at radius 3 is 2.45 bits per heavy atom. The van der Waals surface area contributed by atoms with Crippen molar-refractivity contribution in [2.24, 2.45) is 5.10 Å². The summed E-state index contributed by atoms with van der Waals surface area (Å²) in [4.78, 5) is 15.8. The SMILES string of the molecule is CC(=NNC(=O)COc1c(C)cccc1C)c1ccncc1. The first-order valence-electron chi connectivity index (χ1n) is 7.00. The smallest absolute Gasteiger partial charge is 0.277 e. The number of aryl methyl sites for hydroxylation is 2. The number of amides is 1. The molecule has 1 amide bonds. The van der Waals surface area contributed by atoms with Crippen molar-refractivity contribution in [3.63, 3.8) is 0 Å². The maximum Gasteiger partial charge on any atom is 0.277 e. The highest BCUT2D eigenvalue weighted by Gasteiger charge is 2.07. The topological polar surface area (TPSA) is 63.6 Å². The molecule has 0 saturated heterocycles. The molecule has 2 aromatic rings. The van der Waals surface area contributed by atoms with E-state index in [2.05, 4.69) is 15.5 Å². The third kappa shape index (κ3) is 4.15. The third-order valence-corrected chi connectivity index (χ3v) is 3.20. The van der Waals surface area contributed by atoms with E-state index in [4.69, 9.17) is 4.74 Å². The summed E-state index contributed by atoms with van der Waals surface area (Å²) < 4.78 is 5.58. The Morgan fingerprint density at radius 1 is 1.18 bits per heavy atom. The van der Waals surface area contributed by atoms with E-state index < -0.39 is 0 Å². The summed E-state index contributed by atoms with van der Waals surface area (Å²) in [5, 5.41) is 4.06. The van der Waals surface area contributed by atoms with Gasteiger partial charge in [-0.05, 0) is 44.0 Å². The molecule has 2 rings (SSSR count). The van der Waals surface area contributed by atoms with Crippen LogP contribution in [0.4, 0.5) is 0 Å². The lowest BCUT2D eigenvalue weighted by Gasteiger charge is -2.11. The minimum atomic E-state index is -0.295.